The number of hydrogen-bond donors (Lipinski definition) is 0. The van der Waals surface area contributed by atoms with Crippen LogP contribution in [0.15, 0.2) is 30.3 Å². The average molecular weight is 359 g/mol. The van der Waals surface area contributed by atoms with Gasteiger partial charge in [-0.2, -0.15) is 4.37 Å². The van der Waals surface area contributed by atoms with E-state index in [2.05, 4.69) is 9.36 Å². The summed E-state index contributed by atoms with van der Waals surface area (Å²) in [6.45, 7) is 5.98. The molecule has 0 unspecified atom stereocenters. The molecule has 7 heteroatoms. The van der Waals surface area contributed by atoms with Crippen molar-refractivity contribution < 1.29 is 14.3 Å². The highest BCUT2D eigenvalue weighted by Crippen LogP contribution is 2.24. The third kappa shape index (κ3) is 4.22. The number of benzene rings is 1. The molecule has 1 aliphatic rings. The summed E-state index contributed by atoms with van der Waals surface area (Å²) < 4.78 is 9.62. The standard InChI is InChI=1S/C18H21N3O3S/c1-18(2,3)24-17(23)21-10-9-13(21)14(22)11-15-19-16(25-20-15)12-7-5-4-6-8-12/h4-8,13H,9-11H2,1-3H3/t13-/m0/s1. The van der Waals surface area contributed by atoms with E-state index in [-0.39, 0.29) is 12.2 Å². The Labute approximate surface area is 151 Å². The first-order chi connectivity index (χ1) is 11.8. The molecule has 3 rings (SSSR count). The average Bonchev–Trinajstić information content (AvgIpc) is 2.93. The van der Waals surface area contributed by atoms with Gasteiger partial charge in [-0.05, 0) is 38.7 Å². The van der Waals surface area contributed by atoms with Crippen molar-refractivity contribution in [1.29, 1.82) is 0 Å². The second-order valence-electron chi connectivity index (χ2n) is 7.00. The lowest BCUT2D eigenvalue weighted by Gasteiger charge is -2.40. The molecule has 2 aromatic rings. The van der Waals surface area contributed by atoms with Gasteiger partial charge in [0.05, 0.1) is 12.5 Å². The predicted molar refractivity (Wildman–Crippen MR) is 95.4 cm³/mol. The minimum atomic E-state index is -0.568. The summed E-state index contributed by atoms with van der Waals surface area (Å²) in [4.78, 5) is 30.5. The van der Waals surface area contributed by atoms with E-state index in [0.717, 1.165) is 10.6 Å². The van der Waals surface area contributed by atoms with Crippen molar-refractivity contribution in [2.75, 3.05) is 6.54 Å². The molecular weight excluding hydrogens is 338 g/mol. The monoisotopic (exact) mass is 359 g/mol. The molecule has 0 bridgehead atoms. The molecule has 1 aliphatic heterocycles. The van der Waals surface area contributed by atoms with E-state index in [1.54, 1.807) is 0 Å². The lowest BCUT2D eigenvalue weighted by atomic mass is 9.97. The van der Waals surface area contributed by atoms with Crippen molar-refractivity contribution in [2.45, 2.75) is 45.3 Å². The van der Waals surface area contributed by atoms with Crippen molar-refractivity contribution in [3.63, 3.8) is 0 Å². The third-order valence-corrected chi connectivity index (χ3v) is 4.64. The Morgan fingerprint density at radius 1 is 1.28 bits per heavy atom. The maximum atomic E-state index is 12.5. The molecule has 1 amide bonds. The van der Waals surface area contributed by atoms with Crippen LogP contribution in [0.25, 0.3) is 10.6 Å². The molecule has 0 radical (unpaired) electrons. The normalized spacial score (nSPS) is 17.1. The summed E-state index contributed by atoms with van der Waals surface area (Å²) in [6, 6.07) is 9.31. The molecular formula is C18H21N3O3S. The first-order valence-electron chi connectivity index (χ1n) is 8.24. The van der Waals surface area contributed by atoms with Gasteiger partial charge in [0.25, 0.3) is 0 Å². The smallest absolute Gasteiger partial charge is 0.410 e. The number of likely N-dealkylation sites (tertiary alicyclic amines) is 1. The van der Waals surface area contributed by atoms with Crippen molar-refractivity contribution in [2.24, 2.45) is 0 Å². The minimum Gasteiger partial charge on any atom is -0.444 e. The molecule has 1 fully saturated rings. The van der Waals surface area contributed by atoms with Gasteiger partial charge in [-0.3, -0.25) is 9.69 Å². The Kier molecular flexibility index (Phi) is 4.85. The minimum absolute atomic E-state index is 0.0467. The van der Waals surface area contributed by atoms with Crippen LogP contribution in [0.4, 0.5) is 4.79 Å². The molecule has 2 heterocycles. The molecule has 6 nitrogen and oxygen atoms in total. The van der Waals surface area contributed by atoms with Gasteiger partial charge in [0, 0.05) is 12.1 Å². The number of rotatable bonds is 4. The Bertz CT molecular complexity index is 767. The van der Waals surface area contributed by atoms with E-state index in [0.29, 0.717) is 18.8 Å². The summed E-state index contributed by atoms with van der Waals surface area (Å²) in [5.74, 6) is 0.458. The summed E-state index contributed by atoms with van der Waals surface area (Å²) in [7, 11) is 0. The van der Waals surface area contributed by atoms with Crippen LogP contribution in [0, 0.1) is 0 Å². The zero-order valence-electron chi connectivity index (χ0n) is 14.6. The predicted octanol–water partition coefficient (Wildman–Crippen LogP) is 3.33. The van der Waals surface area contributed by atoms with Gasteiger partial charge in [0.15, 0.2) is 5.78 Å². The van der Waals surface area contributed by atoms with Crippen LogP contribution >= 0.6 is 11.5 Å². The largest absolute Gasteiger partial charge is 0.444 e. The lowest BCUT2D eigenvalue weighted by Crippen LogP contribution is -2.56. The number of aromatic nitrogens is 2. The Morgan fingerprint density at radius 2 is 2.00 bits per heavy atom. The van der Waals surface area contributed by atoms with E-state index in [1.165, 1.54) is 16.4 Å². The molecule has 25 heavy (non-hydrogen) atoms. The van der Waals surface area contributed by atoms with E-state index >= 15 is 0 Å². The van der Waals surface area contributed by atoms with Gasteiger partial charge in [-0.25, -0.2) is 9.78 Å². The van der Waals surface area contributed by atoms with Crippen molar-refractivity contribution in [3.8, 4) is 10.6 Å². The van der Waals surface area contributed by atoms with Gasteiger partial charge in [-0.1, -0.05) is 30.3 Å². The van der Waals surface area contributed by atoms with Crippen LogP contribution in [0.1, 0.15) is 33.0 Å². The summed E-state index contributed by atoms with van der Waals surface area (Å²) in [6.07, 6.45) is 0.356. The maximum Gasteiger partial charge on any atom is 0.410 e. The summed E-state index contributed by atoms with van der Waals surface area (Å²) in [5.41, 5.74) is 0.416. The summed E-state index contributed by atoms with van der Waals surface area (Å²) in [5, 5.41) is 0.793. The van der Waals surface area contributed by atoms with Crippen LogP contribution < -0.4 is 0 Å². The highest BCUT2D eigenvalue weighted by atomic mass is 32.1. The van der Waals surface area contributed by atoms with Crippen molar-refractivity contribution in [1.82, 2.24) is 14.3 Å². The number of carbonyl (C=O) groups is 2. The molecule has 1 atom stereocenters. The molecule has 132 valence electrons. The molecule has 1 saturated heterocycles. The van der Waals surface area contributed by atoms with Gasteiger partial charge in [0.2, 0.25) is 0 Å². The topological polar surface area (TPSA) is 72.4 Å². The molecule has 0 aliphatic carbocycles. The molecule has 0 N–H and O–H groups in total. The fourth-order valence-corrected chi connectivity index (χ4v) is 3.24. The zero-order chi connectivity index (χ0) is 18.0. The van der Waals surface area contributed by atoms with Crippen LogP contribution in [0.3, 0.4) is 0 Å². The lowest BCUT2D eigenvalue weighted by molar-refractivity contribution is -0.127. The van der Waals surface area contributed by atoms with E-state index in [9.17, 15) is 9.59 Å². The fourth-order valence-electron chi connectivity index (χ4n) is 2.56. The number of ketones is 1. The number of hydrogen-bond acceptors (Lipinski definition) is 6. The highest BCUT2D eigenvalue weighted by molar-refractivity contribution is 7.09. The van der Waals surface area contributed by atoms with Gasteiger partial charge in [0.1, 0.15) is 16.4 Å². The van der Waals surface area contributed by atoms with Crippen molar-refractivity contribution >= 4 is 23.4 Å². The Hall–Kier alpha value is -2.28. The number of ether oxygens (including phenoxy) is 1. The van der Waals surface area contributed by atoms with Gasteiger partial charge < -0.3 is 4.74 Å². The number of Topliss-reactive ketones (excluding diaryl/α,β-unsaturated/α-hetero) is 1. The van der Waals surface area contributed by atoms with Gasteiger partial charge >= 0.3 is 6.09 Å². The van der Waals surface area contributed by atoms with Crippen molar-refractivity contribution in [3.05, 3.63) is 36.2 Å². The molecule has 0 spiro atoms. The molecule has 1 aromatic carbocycles. The molecule has 1 aromatic heterocycles. The van der Waals surface area contributed by atoms with Crippen LogP contribution in [-0.4, -0.2) is 44.3 Å². The Morgan fingerprint density at radius 3 is 2.60 bits per heavy atom. The van der Waals surface area contributed by atoms with E-state index in [4.69, 9.17) is 4.74 Å². The van der Waals surface area contributed by atoms with E-state index in [1.807, 2.05) is 51.1 Å². The number of carbonyl (C=O) groups excluding carboxylic acids is 2. The first-order valence-corrected chi connectivity index (χ1v) is 9.01. The maximum absolute atomic E-state index is 12.5. The van der Waals surface area contributed by atoms with Gasteiger partial charge in [-0.15, -0.1) is 0 Å². The summed E-state index contributed by atoms with van der Waals surface area (Å²) >= 11 is 1.28. The SMILES string of the molecule is CC(C)(C)OC(=O)N1CC[C@H]1C(=O)Cc1nsc(-c2ccccc2)n1. The second kappa shape index (κ2) is 6.92. The quantitative estimate of drug-likeness (QED) is 0.837. The van der Waals surface area contributed by atoms with E-state index < -0.39 is 17.7 Å². The number of amides is 1. The fraction of sp³-hybridized carbons (Fsp3) is 0.444. The first kappa shape index (κ1) is 17.5. The highest BCUT2D eigenvalue weighted by Gasteiger charge is 2.39. The Balaban J connectivity index is 1.61. The van der Waals surface area contributed by atoms with Crippen LogP contribution in [0.5, 0.6) is 0 Å². The van der Waals surface area contributed by atoms with Crippen LogP contribution in [0.2, 0.25) is 0 Å². The third-order valence-electron chi connectivity index (χ3n) is 3.84. The molecule has 0 saturated carbocycles. The number of nitrogens with zero attached hydrogens (tertiary/aromatic N) is 3. The van der Waals surface area contributed by atoms with Crippen LogP contribution in [-0.2, 0) is 16.0 Å². The zero-order valence-corrected chi connectivity index (χ0v) is 15.4. The second-order valence-corrected chi connectivity index (χ2v) is 7.75.